The largest absolute Gasteiger partial charge is 0.450 e. The molecule has 0 saturated carbocycles. The second-order valence-electron chi connectivity index (χ2n) is 5.79. The normalized spacial score (nSPS) is 11.0. The maximum Gasteiger partial charge on any atom is 0.375 e. The molecule has 0 saturated heterocycles. The molecule has 0 atom stereocenters. The van der Waals surface area contributed by atoms with E-state index in [4.69, 9.17) is 18.4 Å². The predicted molar refractivity (Wildman–Crippen MR) is 95.8 cm³/mol. The van der Waals surface area contributed by atoms with E-state index in [1.165, 1.54) is 0 Å². The van der Waals surface area contributed by atoms with Gasteiger partial charge in [0, 0.05) is 23.6 Å². The fourth-order valence-electron chi connectivity index (χ4n) is 2.76. The average molecular weight is 364 g/mol. The van der Waals surface area contributed by atoms with Crippen LogP contribution >= 0.6 is 0 Å². The Morgan fingerprint density at radius 1 is 1.04 bits per heavy atom. The Bertz CT molecular complexity index is 1070. The highest BCUT2D eigenvalue weighted by atomic mass is 16.6. The lowest BCUT2D eigenvalue weighted by molar-refractivity contribution is 0.0390. The maximum absolute atomic E-state index is 12.5. The highest BCUT2D eigenvalue weighted by Gasteiger charge is 2.22. The third kappa shape index (κ3) is 3.45. The number of carbonyl (C=O) groups is 1. The molecule has 2 heterocycles. The van der Waals surface area contributed by atoms with Crippen molar-refractivity contribution in [2.45, 2.75) is 13.2 Å². The number of methoxy groups -OCH3 is 1. The molecular formula is C20H16N2O5. The number of benzene rings is 2. The van der Waals surface area contributed by atoms with Gasteiger partial charge < -0.3 is 18.4 Å². The minimum Gasteiger partial charge on any atom is -0.450 e. The predicted octanol–water partition coefficient (Wildman–Crippen LogP) is 3.99. The van der Waals surface area contributed by atoms with Crippen LogP contribution in [0.15, 0.2) is 63.5 Å². The van der Waals surface area contributed by atoms with Crippen LogP contribution in [0.2, 0.25) is 0 Å². The number of nitrogens with zero attached hydrogens (tertiary/aromatic N) is 2. The zero-order chi connectivity index (χ0) is 18.6. The number of ether oxygens (including phenoxy) is 2. The maximum atomic E-state index is 12.5. The quantitative estimate of drug-likeness (QED) is 0.478. The molecule has 4 aromatic rings. The zero-order valence-electron chi connectivity index (χ0n) is 14.5. The van der Waals surface area contributed by atoms with Crippen LogP contribution in [-0.4, -0.2) is 23.2 Å². The number of furan rings is 1. The van der Waals surface area contributed by atoms with E-state index < -0.39 is 5.97 Å². The summed E-state index contributed by atoms with van der Waals surface area (Å²) in [6.45, 7) is 0.0856. The Balaban J connectivity index is 1.51. The molecule has 4 rings (SSSR count). The van der Waals surface area contributed by atoms with Gasteiger partial charge in [-0.15, -0.1) is 0 Å². The van der Waals surface area contributed by atoms with Crippen LogP contribution in [0.3, 0.4) is 0 Å². The number of rotatable bonds is 6. The SMILES string of the molecule is COCc1c(C(=O)OCc2nc(-c3ccccc3)no2)oc2ccccc12. The molecule has 0 amide bonds. The van der Waals surface area contributed by atoms with Gasteiger partial charge in [0.25, 0.3) is 5.89 Å². The van der Waals surface area contributed by atoms with E-state index in [-0.39, 0.29) is 24.9 Å². The van der Waals surface area contributed by atoms with Crippen molar-refractivity contribution in [2.24, 2.45) is 0 Å². The molecule has 2 aromatic heterocycles. The standard InChI is InChI=1S/C20H16N2O5/c1-24-11-15-14-9-5-6-10-16(14)26-18(15)20(23)25-12-17-21-19(22-27-17)13-7-3-2-4-8-13/h2-10H,11-12H2,1H3. The highest BCUT2D eigenvalue weighted by Crippen LogP contribution is 2.27. The van der Waals surface area contributed by atoms with Gasteiger partial charge >= 0.3 is 5.97 Å². The molecule has 136 valence electrons. The Morgan fingerprint density at radius 2 is 1.81 bits per heavy atom. The van der Waals surface area contributed by atoms with Crippen LogP contribution in [0.25, 0.3) is 22.4 Å². The number of hydrogen-bond acceptors (Lipinski definition) is 7. The molecule has 0 aliphatic rings. The summed E-state index contributed by atoms with van der Waals surface area (Å²) in [6.07, 6.45) is 0. The van der Waals surface area contributed by atoms with E-state index in [2.05, 4.69) is 10.1 Å². The van der Waals surface area contributed by atoms with E-state index in [0.29, 0.717) is 17.0 Å². The molecule has 0 N–H and O–H groups in total. The Labute approximate surface area is 154 Å². The van der Waals surface area contributed by atoms with E-state index >= 15 is 0 Å². The first kappa shape index (κ1) is 17.0. The lowest BCUT2D eigenvalue weighted by atomic mass is 10.1. The highest BCUT2D eigenvalue weighted by molar-refractivity contribution is 5.96. The van der Waals surface area contributed by atoms with Crippen LogP contribution in [0.5, 0.6) is 0 Å². The van der Waals surface area contributed by atoms with Gasteiger partial charge in [-0.3, -0.25) is 0 Å². The van der Waals surface area contributed by atoms with Gasteiger partial charge in [0.15, 0.2) is 6.61 Å². The Kier molecular flexibility index (Phi) is 4.67. The monoisotopic (exact) mass is 364 g/mol. The van der Waals surface area contributed by atoms with Crippen molar-refractivity contribution in [1.82, 2.24) is 10.1 Å². The lowest BCUT2D eigenvalue weighted by Gasteiger charge is -2.02. The smallest absolute Gasteiger partial charge is 0.375 e. The van der Waals surface area contributed by atoms with Crippen molar-refractivity contribution in [3.63, 3.8) is 0 Å². The molecule has 0 radical (unpaired) electrons. The molecule has 0 aliphatic carbocycles. The minimum absolute atomic E-state index is 0.112. The van der Waals surface area contributed by atoms with Gasteiger partial charge in [-0.1, -0.05) is 53.7 Å². The van der Waals surface area contributed by atoms with E-state index in [0.717, 1.165) is 10.9 Å². The summed E-state index contributed by atoms with van der Waals surface area (Å²) in [5.74, 6) is 0.135. The van der Waals surface area contributed by atoms with E-state index in [1.807, 2.05) is 48.5 Å². The van der Waals surface area contributed by atoms with Crippen molar-refractivity contribution in [1.29, 1.82) is 0 Å². The summed E-state index contributed by atoms with van der Waals surface area (Å²) in [4.78, 5) is 16.7. The third-order valence-electron chi connectivity index (χ3n) is 4.00. The van der Waals surface area contributed by atoms with Gasteiger partial charge in [0.1, 0.15) is 5.58 Å². The van der Waals surface area contributed by atoms with Crippen LogP contribution in [0.4, 0.5) is 0 Å². The van der Waals surface area contributed by atoms with Crippen molar-refractivity contribution in [3.8, 4) is 11.4 Å². The number of esters is 1. The van der Waals surface area contributed by atoms with Crippen molar-refractivity contribution in [3.05, 3.63) is 71.8 Å². The molecule has 7 heteroatoms. The summed E-state index contributed by atoms with van der Waals surface area (Å²) in [6, 6.07) is 16.8. The first-order valence-electron chi connectivity index (χ1n) is 8.30. The first-order valence-corrected chi connectivity index (χ1v) is 8.30. The van der Waals surface area contributed by atoms with Crippen LogP contribution in [-0.2, 0) is 22.7 Å². The van der Waals surface area contributed by atoms with Crippen LogP contribution in [0, 0.1) is 0 Å². The molecule has 0 spiro atoms. The molecule has 0 unspecified atom stereocenters. The first-order chi connectivity index (χ1) is 13.3. The van der Waals surface area contributed by atoms with Gasteiger partial charge in [0.05, 0.1) is 6.61 Å². The topological polar surface area (TPSA) is 87.6 Å². The molecule has 7 nitrogen and oxygen atoms in total. The Morgan fingerprint density at radius 3 is 2.63 bits per heavy atom. The number of aromatic nitrogens is 2. The molecule has 2 aromatic carbocycles. The average Bonchev–Trinajstić information content (AvgIpc) is 3.33. The van der Waals surface area contributed by atoms with Gasteiger partial charge in [-0.2, -0.15) is 4.98 Å². The molecule has 0 bridgehead atoms. The minimum atomic E-state index is -0.613. The summed E-state index contributed by atoms with van der Waals surface area (Å²) in [5.41, 5.74) is 2.06. The van der Waals surface area contributed by atoms with Gasteiger partial charge in [0.2, 0.25) is 11.6 Å². The lowest BCUT2D eigenvalue weighted by Crippen LogP contribution is -2.07. The summed E-state index contributed by atoms with van der Waals surface area (Å²) in [5, 5.41) is 4.71. The molecule has 27 heavy (non-hydrogen) atoms. The molecule has 0 fully saturated rings. The third-order valence-corrected chi connectivity index (χ3v) is 4.00. The zero-order valence-corrected chi connectivity index (χ0v) is 14.5. The van der Waals surface area contributed by atoms with Crippen molar-refractivity contribution < 1.29 is 23.2 Å². The second-order valence-corrected chi connectivity index (χ2v) is 5.79. The summed E-state index contributed by atoms with van der Waals surface area (Å²) >= 11 is 0. The van der Waals surface area contributed by atoms with E-state index in [1.54, 1.807) is 13.2 Å². The summed E-state index contributed by atoms with van der Waals surface area (Å²) < 4.78 is 21.3. The Hall–Kier alpha value is -3.45. The van der Waals surface area contributed by atoms with Crippen molar-refractivity contribution in [2.75, 3.05) is 7.11 Å². The number of fused-ring (bicyclic) bond motifs is 1. The molecular weight excluding hydrogens is 348 g/mol. The van der Waals surface area contributed by atoms with Gasteiger partial charge in [-0.25, -0.2) is 4.79 Å². The van der Waals surface area contributed by atoms with Crippen LogP contribution < -0.4 is 0 Å². The fourth-order valence-corrected chi connectivity index (χ4v) is 2.76. The van der Waals surface area contributed by atoms with Crippen LogP contribution in [0.1, 0.15) is 22.0 Å². The number of para-hydroxylation sites is 1. The fraction of sp³-hybridized carbons (Fsp3) is 0.150. The number of hydrogen-bond donors (Lipinski definition) is 0. The van der Waals surface area contributed by atoms with E-state index in [9.17, 15) is 4.79 Å². The molecule has 0 aliphatic heterocycles. The second kappa shape index (κ2) is 7.43. The summed E-state index contributed by atoms with van der Waals surface area (Å²) in [7, 11) is 1.56. The van der Waals surface area contributed by atoms with Crippen molar-refractivity contribution >= 4 is 16.9 Å². The number of carbonyl (C=O) groups excluding carboxylic acids is 1. The van der Waals surface area contributed by atoms with Gasteiger partial charge in [-0.05, 0) is 6.07 Å².